The van der Waals surface area contributed by atoms with E-state index in [9.17, 15) is 4.79 Å². The number of hydrogen-bond donors (Lipinski definition) is 0. The normalized spacial score (nSPS) is 11.9. The van der Waals surface area contributed by atoms with E-state index >= 15 is 0 Å². The molecule has 0 spiro atoms. The number of benzene rings is 1. The number of carbonyl (C=O) groups excluding carboxylic acids is 1. The van der Waals surface area contributed by atoms with E-state index in [1.807, 2.05) is 32.9 Å². The Bertz CT molecular complexity index is 413. The molecule has 0 unspecified atom stereocenters. The van der Waals surface area contributed by atoms with Crippen LogP contribution in [-0.2, 0) is 6.42 Å². The molecule has 94 valence electrons. The SMILES string of the molecule is CC(C)Cc1ccc(C(=O)C(C)(C)C)cc1Br. The van der Waals surface area contributed by atoms with E-state index in [1.54, 1.807) is 0 Å². The number of Topliss-reactive ketones (excluding diaryl/α,β-unsaturated/α-hetero) is 1. The second kappa shape index (κ2) is 5.34. The Kier molecular flexibility index (Phi) is 4.54. The summed E-state index contributed by atoms with van der Waals surface area (Å²) in [6.45, 7) is 10.2. The average Bonchev–Trinajstić information content (AvgIpc) is 2.18. The molecule has 0 saturated heterocycles. The van der Waals surface area contributed by atoms with Gasteiger partial charge in [0, 0.05) is 15.5 Å². The molecule has 0 radical (unpaired) electrons. The lowest BCUT2D eigenvalue weighted by atomic mass is 9.86. The Morgan fingerprint density at radius 3 is 2.29 bits per heavy atom. The molecule has 2 heteroatoms. The standard InChI is InChI=1S/C15H21BrO/c1-10(2)8-11-6-7-12(9-13(11)16)14(17)15(3,4)5/h6-7,9-10H,8H2,1-5H3. The maximum Gasteiger partial charge on any atom is 0.168 e. The minimum atomic E-state index is -0.320. The summed E-state index contributed by atoms with van der Waals surface area (Å²) in [5, 5.41) is 0. The molecule has 0 aliphatic rings. The maximum absolute atomic E-state index is 12.1. The lowest BCUT2D eigenvalue weighted by molar-refractivity contribution is 0.0858. The van der Waals surface area contributed by atoms with E-state index in [2.05, 4.69) is 35.8 Å². The van der Waals surface area contributed by atoms with E-state index in [0.29, 0.717) is 5.92 Å². The smallest absolute Gasteiger partial charge is 0.168 e. The molecule has 0 atom stereocenters. The van der Waals surface area contributed by atoms with Gasteiger partial charge in [-0.05, 0) is 24.0 Å². The van der Waals surface area contributed by atoms with Crippen LogP contribution in [0.2, 0.25) is 0 Å². The number of hydrogen-bond acceptors (Lipinski definition) is 1. The van der Waals surface area contributed by atoms with Gasteiger partial charge >= 0.3 is 0 Å². The van der Waals surface area contributed by atoms with Gasteiger partial charge in [-0.3, -0.25) is 4.79 Å². The second-order valence-corrected chi connectivity index (χ2v) is 6.84. The van der Waals surface area contributed by atoms with E-state index in [0.717, 1.165) is 16.5 Å². The molecular formula is C15H21BrO. The van der Waals surface area contributed by atoms with Gasteiger partial charge < -0.3 is 0 Å². The fourth-order valence-electron chi connectivity index (χ4n) is 1.73. The molecule has 0 saturated carbocycles. The molecule has 17 heavy (non-hydrogen) atoms. The Hall–Kier alpha value is -0.630. The zero-order valence-corrected chi connectivity index (χ0v) is 12.9. The van der Waals surface area contributed by atoms with Crippen molar-refractivity contribution in [2.75, 3.05) is 0 Å². The fourth-order valence-corrected chi connectivity index (χ4v) is 2.27. The van der Waals surface area contributed by atoms with Crippen LogP contribution in [0, 0.1) is 11.3 Å². The van der Waals surface area contributed by atoms with Crippen LogP contribution in [0.15, 0.2) is 22.7 Å². The van der Waals surface area contributed by atoms with E-state index < -0.39 is 0 Å². The largest absolute Gasteiger partial charge is 0.294 e. The van der Waals surface area contributed by atoms with Crippen molar-refractivity contribution in [2.45, 2.75) is 41.0 Å². The zero-order chi connectivity index (χ0) is 13.2. The van der Waals surface area contributed by atoms with E-state index in [4.69, 9.17) is 0 Å². The first kappa shape index (κ1) is 14.4. The predicted octanol–water partition coefficient (Wildman–Crippen LogP) is 4.88. The molecule has 0 fully saturated rings. The van der Waals surface area contributed by atoms with Crippen molar-refractivity contribution < 1.29 is 4.79 Å². The van der Waals surface area contributed by atoms with Crippen LogP contribution in [0.1, 0.15) is 50.5 Å². The highest BCUT2D eigenvalue weighted by Gasteiger charge is 2.23. The van der Waals surface area contributed by atoms with Gasteiger partial charge in [0.05, 0.1) is 0 Å². The third kappa shape index (κ3) is 3.95. The summed E-state index contributed by atoms with van der Waals surface area (Å²) >= 11 is 3.56. The molecule has 1 nitrogen and oxygen atoms in total. The Morgan fingerprint density at radius 2 is 1.88 bits per heavy atom. The van der Waals surface area contributed by atoms with Gasteiger partial charge in [0.1, 0.15) is 0 Å². The average molecular weight is 297 g/mol. The summed E-state index contributed by atoms with van der Waals surface area (Å²) in [6.07, 6.45) is 1.03. The lowest BCUT2D eigenvalue weighted by Crippen LogP contribution is -2.20. The van der Waals surface area contributed by atoms with Gasteiger partial charge in [0.15, 0.2) is 5.78 Å². The van der Waals surface area contributed by atoms with Gasteiger partial charge in [-0.15, -0.1) is 0 Å². The molecule has 1 aromatic rings. The topological polar surface area (TPSA) is 17.1 Å². The van der Waals surface area contributed by atoms with Crippen LogP contribution >= 0.6 is 15.9 Å². The molecule has 0 amide bonds. The van der Waals surface area contributed by atoms with E-state index in [-0.39, 0.29) is 11.2 Å². The molecule has 0 aliphatic carbocycles. The van der Waals surface area contributed by atoms with Gasteiger partial charge in [0.2, 0.25) is 0 Å². The van der Waals surface area contributed by atoms with Crippen molar-refractivity contribution in [3.05, 3.63) is 33.8 Å². The number of carbonyl (C=O) groups is 1. The monoisotopic (exact) mass is 296 g/mol. The fraction of sp³-hybridized carbons (Fsp3) is 0.533. The molecule has 0 heterocycles. The molecule has 1 aromatic carbocycles. The van der Waals surface area contributed by atoms with Gasteiger partial charge in [0.25, 0.3) is 0 Å². The van der Waals surface area contributed by atoms with Gasteiger partial charge in [-0.2, -0.15) is 0 Å². The van der Waals surface area contributed by atoms with E-state index in [1.165, 1.54) is 5.56 Å². The molecule has 0 bridgehead atoms. The van der Waals surface area contributed by atoms with Gasteiger partial charge in [-0.25, -0.2) is 0 Å². The minimum absolute atomic E-state index is 0.189. The molecule has 0 aliphatic heterocycles. The Balaban J connectivity index is 3.01. The second-order valence-electron chi connectivity index (χ2n) is 5.98. The van der Waals surface area contributed by atoms with Crippen molar-refractivity contribution >= 4 is 21.7 Å². The highest BCUT2D eigenvalue weighted by Crippen LogP contribution is 2.26. The summed E-state index contributed by atoms with van der Waals surface area (Å²) < 4.78 is 1.04. The molecule has 0 N–H and O–H groups in total. The summed E-state index contributed by atoms with van der Waals surface area (Å²) in [7, 11) is 0. The third-order valence-electron chi connectivity index (χ3n) is 2.62. The molecular weight excluding hydrogens is 276 g/mol. The minimum Gasteiger partial charge on any atom is -0.294 e. The Labute approximate surface area is 113 Å². The van der Waals surface area contributed by atoms with Crippen LogP contribution in [0.4, 0.5) is 0 Å². The van der Waals surface area contributed by atoms with Crippen LogP contribution < -0.4 is 0 Å². The highest BCUT2D eigenvalue weighted by molar-refractivity contribution is 9.10. The quantitative estimate of drug-likeness (QED) is 0.727. The summed E-state index contributed by atoms with van der Waals surface area (Å²) in [6, 6.07) is 5.95. The summed E-state index contributed by atoms with van der Waals surface area (Å²) in [5.41, 5.74) is 1.74. The maximum atomic E-state index is 12.1. The first-order chi connectivity index (χ1) is 7.71. The lowest BCUT2D eigenvalue weighted by Gasteiger charge is -2.17. The molecule has 0 aromatic heterocycles. The number of ketones is 1. The predicted molar refractivity (Wildman–Crippen MR) is 76.5 cm³/mol. The molecule has 1 rings (SSSR count). The zero-order valence-electron chi connectivity index (χ0n) is 11.3. The van der Waals surface area contributed by atoms with Crippen LogP contribution in [-0.4, -0.2) is 5.78 Å². The van der Waals surface area contributed by atoms with Crippen LogP contribution in [0.3, 0.4) is 0 Å². The Morgan fingerprint density at radius 1 is 1.29 bits per heavy atom. The third-order valence-corrected chi connectivity index (χ3v) is 3.36. The number of rotatable bonds is 3. The van der Waals surface area contributed by atoms with Crippen molar-refractivity contribution in [3.63, 3.8) is 0 Å². The van der Waals surface area contributed by atoms with Crippen molar-refractivity contribution in [3.8, 4) is 0 Å². The first-order valence-corrected chi connectivity index (χ1v) is 6.84. The van der Waals surface area contributed by atoms with Crippen molar-refractivity contribution in [2.24, 2.45) is 11.3 Å². The number of halogens is 1. The van der Waals surface area contributed by atoms with Crippen LogP contribution in [0.5, 0.6) is 0 Å². The van der Waals surface area contributed by atoms with Gasteiger partial charge in [-0.1, -0.05) is 62.7 Å². The summed E-state index contributed by atoms with van der Waals surface area (Å²) in [5.74, 6) is 0.810. The summed E-state index contributed by atoms with van der Waals surface area (Å²) in [4.78, 5) is 12.1. The van der Waals surface area contributed by atoms with Crippen molar-refractivity contribution in [1.29, 1.82) is 0 Å². The highest BCUT2D eigenvalue weighted by atomic mass is 79.9. The first-order valence-electron chi connectivity index (χ1n) is 6.05. The van der Waals surface area contributed by atoms with Crippen LogP contribution in [0.25, 0.3) is 0 Å². The van der Waals surface area contributed by atoms with Crippen molar-refractivity contribution in [1.82, 2.24) is 0 Å².